The van der Waals surface area contributed by atoms with Crippen LogP contribution in [0.3, 0.4) is 0 Å². The van der Waals surface area contributed by atoms with Crippen LogP contribution in [-0.2, 0) is 10.0 Å². The van der Waals surface area contributed by atoms with Gasteiger partial charge in [-0.3, -0.25) is 0 Å². The maximum atomic E-state index is 12.5. The first-order valence-electron chi connectivity index (χ1n) is 7.02. The minimum Gasteiger partial charge on any atom is -0.310 e. The van der Waals surface area contributed by atoms with Gasteiger partial charge in [0.25, 0.3) is 0 Å². The number of benzene rings is 1. The standard InChI is InChI=1S/C15H23N3O2S/c1-5-17-13(3)14-6-8-15(9-7-14)21(19,20)18(4)12(2)10-11-16/h6-9,12-13,17H,5,10H2,1-4H3. The minimum atomic E-state index is -3.55. The topological polar surface area (TPSA) is 73.2 Å². The molecule has 0 fully saturated rings. The molecule has 0 aliphatic heterocycles. The third kappa shape index (κ3) is 4.27. The smallest absolute Gasteiger partial charge is 0.243 e. The second-order valence-electron chi connectivity index (χ2n) is 5.08. The summed E-state index contributed by atoms with van der Waals surface area (Å²) >= 11 is 0. The summed E-state index contributed by atoms with van der Waals surface area (Å²) in [4.78, 5) is 0.252. The van der Waals surface area contributed by atoms with Gasteiger partial charge in [-0.05, 0) is 38.1 Å². The molecule has 0 aromatic heterocycles. The highest BCUT2D eigenvalue weighted by Crippen LogP contribution is 2.20. The first-order valence-corrected chi connectivity index (χ1v) is 8.46. The summed E-state index contributed by atoms with van der Waals surface area (Å²) in [5.41, 5.74) is 1.04. The first kappa shape index (κ1) is 17.6. The lowest BCUT2D eigenvalue weighted by molar-refractivity contribution is 0.393. The molecule has 1 aromatic carbocycles. The summed E-state index contributed by atoms with van der Waals surface area (Å²) in [6.45, 7) is 6.65. The highest BCUT2D eigenvalue weighted by Gasteiger charge is 2.25. The Morgan fingerprint density at radius 1 is 1.29 bits per heavy atom. The van der Waals surface area contributed by atoms with Crippen molar-refractivity contribution in [3.05, 3.63) is 29.8 Å². The number of nitrogens with zero attached hydrogens (tertiary/aromatic N) is 2. The lowest BCUT2D eigenvalue weighted by atomic mass is 10.1. The average Bonchev–Trinajstić information content (AvgIpc) is 2.47. The largest absolute Gasteiger partial charge is 0.310 e. The van der Waals surface area contributed by atoms with E-state index in [1.165, 1.54) is 11.4 Å². The van der Waals surface area contributed by atoms with Crippen LogP contribution in [0.15, 0.2) is 29.2 Å². The Balaban J connectivity index is 2.97. The van der Waals surface area contributed by atoms with Crippen molar-refractivity contribution in [3.8, 4) is 6.07 Å². The van der Waals surface area contributed by atoms with Crippen molar-refractivity contribution in [1.29, 1.82) is 5.26 Å². The Morgan fingerprint density at radius 3 is 2.33 bits per heavy atom. The van der Waals surface area contributed by atoms with E-state index in [-0.39, 0.29) is 23.4 Å². The Kier molecular flexibility index (Phi) is 6.34. The van der Waals surface area contributed by atoms with Crippen molar-refractivity contribution < 1.29 is 8.42 Å². The molecule has 0 amide bonds. The second kappa shape index (κ2) is 7.55. The van der Waals surface area contributed by atoms with E-state index in [0.717, 1.165) is 12.1 Å². The van der Waals surface area contributed by atoms with Gasteiger partial charge in [-0.2, -0.15) is 9.57 Å². The summed E-state index contributed by atoms with van der Waals surface area (Å²) in [7, 11) is -2.05. The Bertz CT molecular complexity index is 590. The van der Waals surface area contributed by atoms with Crippen molar-refractivity contribution in [2.24, 2.45) is 0 Å². The van der Waals surface area contributed by atoms with Crippen molar-refractivity contribution in [3.63, 3.8) is 0 Å². The van der Waals surface area contributed by atoms with Gasteiger partial charge in [-0.1, -0.05) is 19.1 Å². The molecule has 0 bridgehead atoms. The molecule has 116 valence electrons. The number of rotatable bonds is 7. The van der Waals surface area contributed by atoms with Crippen LogP contribution in [0, 0.1) is 11.3 Å². The quantitative estimate of drug-likeness (QED) is 0.838. The Morgan fingerprint density at radius 2 is 1.86 bits per heavy atom. The number of nitrogens with one attached hydrogen (secondary N) is 1. The van der Waals surface area contributed by atoms with Gasteiger partial charge in [0.05, 0.1) is 17.4 Å². The third-order valence-electron chi connectivity index (χ3n) is 3.57. The predicted molar refractivity (Wildman–Crippen MR) is 83.2 cm³/mol. The van der Waals surface area contributed by atoms with Crippen LogP contribution in [0.4, 0.5) is 0 Å². The van der Waals surface area contributed by atoms with Gasteiger partial charge in [-0.15, -0.1) is 0 Å². The fourth-order valence-corrected chi connectivity index (χ4v) is 3.38. The highest BCUT2D eigenvalue weighted by molar-refractivity contribution is 7.89. The molecule has 0 saturated heterocycles. The second-order valence-corrected chi connectivity index (χ2v) is 7.08. The SMILES string of the molecule is CCNC(C)c1ccc(S(=O)(=O)N(C)C(C)CC#N)cc1. The van der Waals surface area contributed by atoms with Crippen LogP contribution in [0.25, 0.3) is 0 Å². The number of sulfonamides is 1. The number of nitriles is 1. The van der Waals surface area contributed by atoms with Crippen LogP contribution in [0.1, 0.15) is 38.8 Å². The van der Waals surface area contributed by atoms with Gasteiger partial charge in [0.1, 0.15) is 0 Å². The van der Waals surface area contributed by atoms with E-state index in [1.54, 1.807) is 19.1 Å². The zero-order chi connectivity index (χ0) is 16.0. The van der Waals surface area contributed by atoms with E-state index >= 15 is 0 Å². The van der Waals surface area contributed by atoms with Crippen LogP contribution >= 0.6 is 0 Å². The lowest BCUT2D eigenvalue weighted by Crippen LogP contribution is -2.34. The van der Waals surface area contributed by atoms with Crippen LogP contribution in [0.5, 0.6) is 0 Å². The zero-order valence-corrected chi connectivity index (χ0v) is 13.8. The first-order chi connectivity index (χ1) is 9.84. The van der Waals surface area contributed by atoms with Gasteiger partial charge < -0.3 is 5.32 Å². The molecule has 2 atom stereocenters. The summed E-state index contributed by atoms with van der Waals surface area (Å²) in [6.07, 6.45) is 0.172. The van der Waals surface area contributed by atoms with Gasteiger partial charge >= 0.3 is 0 Å². The average molecular weight is 309 g/mol. The van der Waals surface area contributed by atoms with E-state index in [9.17, 15) is 8.42 Å². The Labute approximate surface area is 127 Å². The fourth-order valence-electron chi connectivity index (χ4n) is 2.02. The molecular weight excluding hydrogens is 286 g/mol. The summed E-state index contributed by atoms with van der Waals surface area (Å²) in [5.74, 6) is 0. The molecule has 21 heavy (non-hydrogen) atoms. The van der Waals surface area contributed by atoms with Gasteiger partial charge in [0, 0.05) is 19.1 Å². The van der Waals surface area contributed by atoms with E-state index in [1.807, 2.05) is 32.0 Å². The molecule has 0 radical (unpaired) electrons. The van der Waals surface area contributed by atoms with Crippen molar-refractivity contribution >= 4 is 10.0 Å². The normalized spacial score (nSPS) is 14.7. The Hall–Kier alpha value is -1.42. The van der Waals surface area contributed by atoms with Crippen molar-refractivity contribution in [1.82, 2.24) is 9.62 Å². The molecule has 1 N–H and O–H groups in total. The van der Waals surface area contributed by atoms with Crippen LogP contribution < -0.4 is 5.32 Å². The molecule has 0 heterocycles. The summed E-state index contributed by atoms with van der Waals surface area (Å²) in [5, 5.41) is 12.0. The highest BCUT2D eigenvalue weighted by atomic mass is 32.2. The van der Waals surface area contributed by atoms with E-state index in [0.29, 0.717) is 0 Å². The lowest BCUT2D eigenvalue weighted by Gasteiger charge is -2.22. The maximum absolute atomic E-state index is 12.5. The van der Waals surface area contributed by atoms with Gasteiger partial charge in [0.15, 0.2) is 0 Å². The van der Waals surface area contributed by atoms with E-state index in [4.69, 9.17) is 5.26 Å². The number of hydrogen-bond acceptors (Lipinski definition) is 4. The molecule has 6 heteroatoms. The molecule has 0 spiro atoms. The van der Waals surface area contributed by atoms with E-state index < -0.39 is 10.0 Å². The fraction of sp³-hybridized carbons (Fsp3) is 0.533. The predicted octanol–water partition coefficient (Wildman–Crippen LogP) is 2.28. The monoisotopic (exact) mass is 309 g/mol. The summed E-state index contributed by atoms with van der Waals surface area (Å²) in [6, 6.07) is 8.71. The number of hydrogen-bond donors (Lipinski definition) is 1. The van der Waals surface area contributed by atoms with E-state index in [2.05, 4.69) is 5.32 Å². The van der Waals surface area contributed by atoms with Crippen LogP contribution in [0.2, 0.25) is 0 Å². The van der Waals surface area contributed by atoms with Crippen molar-refractivity contribution in [2.75, 3.05) is 13.6 Å². The summed E-state index contributed by atoms with van der Waals surface area (Å²) < 4.78 is 26.2. The molecule has 0 aliphatic rings. The van der Waals surface area contributed by atoms with Crippen LogP contribution in [-0.4, -0.2) is 32.4 Å². The molecule has 0 aliphatic carbocycles. The van der Waals surface area contributed by atoms with Gasteiger partial charge in [-0.25, -0.2) is 8.42 Å². The van der Waals surface area contributed by atoms with Crippen molar-refractivity contribution in [2.45, 2.75) is 44.2 Å². The maximum Gasteiger partial charge on any atom is 0.243 e. The third-order valence-corrected chi connectivity index (χ3v) is 5.56. The molecular formula is C15H23N3O2S. The molecule has 5 nitrogen and oxygen atoms in total. The minimum absolute atomic E-state index is 0.172. The molecule has 1 rings (SSSR count). The molecule has 2 unspecified atom stereocenters. The zero-order valence-electron chi connectivity index (χ0n) is 13.0. The molecule has 0 saturated carbocycles. The van der Waals surface area contributed by atoms with Gasteiger partial charge in [0.2, 0.25) is 10.0 Å². The molecule has 1 aromatic rings.